The number of piperazine rings is 1. The number of likely N-dealkylation sites (tertiary alicyclic amines) is 3. The first-order chi connectivity index (χ1) is 29.9. The number of amides is 5. The van der Waals surface area contributed by atoms with E-state index in [0.717, 1.165) is 101 Å². The highest BCUT2D eigenvalue weighted by atomic mass is 16.5. The van der Waals surface area contributed by atoms with Gasteiger partial charge in [-0.25, -0.2) is 14.4 Å². The van der Waals surface area contributed by atoms with Gasteiger partial charge in [-0.05, 0) is 80.7 Å². The van der Waals surface area contributed by atoms with E-state index in [1.807, 2.05) is 54.0 Å². The summed E-state index contributed by atoms with van der Waals surface area (Å²) in [5.74, 6) is -0.536. The van der Waals surface area contributed by atoms with Crippen molar-refractivity contribution in [2.75, 3.05) is 97.6 Å². The Morgan fingerprint density at radius 1 is 0.857 bits per heavy atom. The number of esters is 1. The number of benzene rings is 2. The molecule has 4 fully saturated rings. The Morgan fingerprint density at radius 2 is 1.57 bits per heavy atom. The van der Waals surface area contributed by atoms with Gasteiger partial charge in [0.05, 0.1) is 25.7 Å². The molecule has 17 nitrogen and oxygen atoms in total. The van der Waals surface area contributed by atoms with Crippen molar-refractivity contribution in [3.63, 3.8) is 0 Å². The molecule has 0 spiro atoms. The molecule has 6 heterocycles. The molecule has 5 aliphatic rings. The van der Waals surface area contributed by atoms with E-state index in [-0.39, 0.29) is 55.9 Å². The number of oxazole rings is 1. The van der Waals surface area contributed by atoms with Crippen LogP contribution in [0.5, 0.6) is 0 Å². The number of nitrogens with zero attached hydrogens (tertiary/aromatic N) is 6. The van der Waals surface area contributed by atoms with Crippen LogP contribution < -0.4 is 11.1 Å². The summed E-state index contributed by atoms with van der Waals surface area (Å²) in [6.45, 7) is 12.6. The molecule has 2 N–H and O–H groups in total. The van der Waals surface area contributed by atoms with Crippen molar-refractivity contribution in [2.24, 2.45) is 5.92 Å². The predicted octanol–water partition coefficient (Wildman–Crippen LogP) is 4.33. The molecule has 0 unspecified atom stereocenters. The third-order valence-corrected chi connectivity index (χ3v) is 13.1. The zero-order valence-corrected chi connectivity index (χ0v) is 36.4. The Morgan fingerprint density at radius 3 is 2.27 bits per heavy atom. The summed E-state index contributed by atoms with van der Waals surface area (Å²) in [6.07, 6.45) is 6.23. The maximum absolute atomic E-state index is 13.2. The molecular weight excluding hydrogens is 809 g/mol. The van der Waals surface area contributed by atoms with Gasteiger partial charge in [0.2, 0.25) is 11.8 Å². The first-order valence-corrected chi connectivity index (χ1v) is 22.2. The van der Waals surface area contributed by atoms with E-state index >= 15 is 0 Å². The molecule has 344 valence electrons. The maximum Gasteiger partial charge on any atom is 0.417 e. The molecule has 0 radical (unpaired) electrons. The summed E-state index contributed by atoms with van der Waals surface area (Å²) in [5.41, 5.74) is 5.24. The normalized spacial score (nSPS) is 19.7. The first kappa shape index (κ1) is 47.1. The number of aromatic nitrogens is 1. The van der Waals surface area contributed by atoms with Crippen LogP contribution in [0, 0.1) is 12.8 Å². The van der Waals surface area contributed by atoms with Crippen molar-refractivity contribution in [1.29, 1.82) is 0 Å². The van der Waals surface area contributed by atoms with Crippen molar-refractivity contribution in [3.05, 3.63) is 63.6 Å². The fourth-order valence-electron chi connectivity index (χ4n) is 9.58. The van der Waals surface area contributed by atoms with E-state index in [2.05, 4.69) is 26.2 Å². The van der Waals surface area contributed by atoms with E-state index < -0.39 is 5.76 Å². The summed E-state index contributed by atoms with van der Waals surface area (Å²) >= 11 is 0. The van der Waals surface area contributed by atoms with Gasteiger partial charge in [-0.15, -0.1) is 0 Å². The number of carbonyl (C=O) groups excluding carboxylic acids is 5. The number of ether oxygens (including phenoxy) is 2. The fraction of sp³-hybridized carbons (Fsp3) is 0.609. The first-order valence-electron chi connectivity index (χ1n) is 22.2. The molecule has 63 heavy (non-hydrogen) atoms. The highest BCUT2D eigenvalue weighted by Gasteiger charge is 2.33. The molecule has 5 aliphatic heterocycles. The number of methoxy groups -OCH3 is 1. The zero-order valence-electron chi connectivity index (χ0n) is 36.4. The van der Waals surface area contributed by atoms with Gasteiger partial charge in [0.15, 0.2) is 5.58 Å². The van der Waals surface area contributed by atoms with Crippen molar-refractivity contribution in [2.45, 2.75) is 84.7 Å². The van der Waals surface area contributed by atoms with Crippen LogP contribution >= 0.6 is 0 Å². The Kier molecular flexibility index (Phi) is 16.3. The van der Waals surface area contributed by atoms with Gasteiger partial charge < -0.3 is 38.8 Å². The minimum absolute atomic E-state index is 0. The third kappa shape index (κ3) is 12.0. The minimum Gasteiger partial charge on any atom is -0.463 e. The van der Waals surface area contributed by atoms with Crippen molar-refractivity contribution < 1.29 is 37.9 Å². The lowest BCUT2D eigenvalue weighted by Gasteiger charge is -2.43. The lowest BCUT2D eigenvalue weighted by molar-refractivity contribution is -0.146. The number of nitrogens with one attached hydrogen (secondary N) is 2. The number of para-hydroxylation sites is 1. The molecule has 1 aromatic heterocycles. The van der Waals surface area contributed by atoms with Gasteiger partial charge in [0.1, 0.15) is 6.61 Å². The second-order valence-corrected chi connectivity index (χ2v) is 17.2. The van der Waals surface area contributed by atoms with Gasteiger partial charge in [0.25, 0.3) is 0 Å². The van der Waals surface area contributed by atoms with Crippen molar-refractivity contribution in [1.82, 2.24) is 34.4 Å². The molecule has 3 aromatic rings. The largest absolute Gasteiger partial charge is 0.463 e. The average Bonchev–Trinajstić information content (AvgIpc) is 3.82. The van der Waals surface area contributed by atoms with Crippen LogP contribution in [0.2, 0.25) is 0 Å². The van der Waals surface area contributed by atoms with Gasteiger partial charge in [-0.2, -0.15) is 0 Å². The van der Waals surface area contributed by atoms with Gasteiger partial charge in [-0.1, -0.05) is 38.6 Å². The van der Waals surface area contributed by atoms with Crippen LogP contribution in [0.25, 0.3) is 11.1 Å². The second kappa shape index (κ2) is 21.8. The molecule has 0 aliphatic carbocycles. The molecule has 4 saturated heterocycles. The standard InChI is InChI=1S/C29H41N5O6.C16H21N3O3.CH4/c1-20-16-22(18-24-27(20)30-29(38)40-24)17-21(2)28(37)34-12-10-32(11-13-34)23-5-8-31(9-6-23)19-26(36)39-15-14-33-7-3-4-25(33)35;1-22-16(21)18-9-7-13(8-10-18)19-11-6-12-4-2-3-5-14(12)17-15(19)20;/h16,18,21,23H,3-15,17,19H2,1-2H3,(H,30,38);2-5,13H,6-11H2,1H3,(H,17,20);1H4/t21-;;/m1../s1. The van der Waals surface area contributed by atoms with E-state index in [9.17, 15) is 28.8 Å². The second-order valence-electron chi connectivity index (χ2n) is 17.2. The SMILES string of the molecule is C.COC(=O)N1CCC(N2CCc3ccccc3NC2=O)CC1.Cc1cc(C[C@@H](C)C(=O)N2CCN(C3CCN(CC(=O)OCCN4CCCC4=O)CC3)CC2)cc2oc(=O)[nH]c12. The number of piperidine rings is 2. The van der Waals surface area contributed by atoms with E-state index in [4.69, 9.17) is 13.9 Å². The summed E-state index contributed by atoms with van der Waals surface area (Å²) in [5, 5.41) is 3.00. The van der Waals surface area contributed by atoms with Crippen LogP contribution in [0.1, 0.15) is 69.6 Å². The molecule has 0 saturated carbocycles. The zero-order chi connectivity index (χ0) is 43.8. The van der Waals surface area contributed by atoms with Gasteiger partial charge >= 0.3 is 23.8 Å². The summed E-state index contributed by atoms with van der Waals surface area (Å²) in [7, 11) is 1.40. The molecule has 2 aromatic carbocycles. The quantitative estimate of drug-likeness (QED) is 0.277. The Bertz CT molecular complexity index is 2110. The Balaban J connectivity index is 0.000000243. The van der Waals surface area contributed by atoms with Crippen LogP contribution in [-0.4, -0.2) is 169 Å². The fourth-order valence-corrected chi connectivity index (χ4v) is 9.58. The number of carbonyl (C=O) groups is 5. The van der Waals surface area contributed by atoms with E-state index in [1.165, 1.54) is 12.7 Å². The smallest absolute Gasteiger partial charge is 0.417 e. The van der Waals surface area contributed by atoms with Crippen LogP contribution in [0.4, 0.5) is 15.3 Å². The topological polar surface area (TPSA) is 181 Å². The van der Waals surface area contributed by atoms with E-state index in [1.54, 1.807) is 9.80 Å². The third-order valence-electron chi connectivity index (χ3n) is 13.1. The van der Waals surface area contributed by atoms with Gasteiger partial charge in [0, 0.05) is 95.6 Å². The summed E-state index contributed by atoms with van der Waals surface area (Å²) in [4.78, 5) is 87.4. The number of anilines is 1. The van der Waals surface area contributed by atoms with Crippen molar-refractivity contribution >= 4 is 46.7 Å². The highest BCUT2D eigenvalue weighted by Crippen LogP contribution is 2.26. The molecular formula is C46H66N8O9. The molecule has 8 rings (SSSR count). The maximum atomic E-state index is 13.2. The lowest BCUT2D eigenvalue weighted by Crippen LogP contribution is -2.55. The van der Waals surface area contributed by atoms with E-state index in [0.29, 0.717) is 62.7 Å². The number of hydrogen-bond acceptors (Lipinski definition) is 11. The number of H-pyrrole nitrogens is 1. The molecule has 0 bridgehead atoms. The number of aryl methyl sites for hydroxylation is 1. The number of urea groups is 1. The minimum atomic E-state index is -0.464. The molecule has 5 amide bonds. The Labute approximate surface area is 370 Å². The molecule has 1 atom stereocenters. The number of aromatic amines is 1. The number of rotatable bonds is 10. The van der Waals surface area contributed by atoms with Crippen molar-refractivity contribution in [3.8, 4) is 0 Å². The van der Waals surface area contributed by atoms with Crippen LogP contribution in [-0.2, 0) is 36.7 Å². The predicted molar refractivity (Wildman–Crippen MR) is 238 cm³/mol. The summed E-state index contributed by atoms with van der Waals surface area (Å²) < 4.78 is 15.4. The van der Waals surface area contributed by atoms with Crippen LogP contribution in [0.15, 0.2) is 45.6 Å². The lowest BCUT2D eigenvalue weighted by atomic mass is 9.97. The Hall–Kier alpha value is -5.42. The number of fused-ring (bicyclic) bond motifs is 2. The number of hydrogen-bond donors (Lipinski definition) is 2. The monoisotopic (exact) mass is 874 g/mol. The summed E-state index contributed by atoms with van der Waals surface area (Å²) in [6, 6.07) is 12.4. The van der Waals surface area contributed by atoms with Crippen LogP contribution in [0.3, 0.4) is 0 Å². The van der Waals surface area contributed by atoms with Gasteiger partial charge in [-0.3, -0.25) is 29.2 Å². The highest BCUT2D eigenvalue weighted by molar-refractivity contribution is 5.91. The molecule has 17 heteroatoms. The average molecular weight is 875 g/mol.